The fraction of sp³-hybridized carbons (Fsp3) is 0.833. The lowest BCUT2D eigenvalue weighted by atomic mass is 10.4. The molecule has 0 unspecified atom stereocenters. The molecule has 0 aliphatic rings. The van der Waals surface area contributed by atoms with Crippen LogP contribution >= 0.6 is 0 Å². The topological polar surface area (TPSA) is 3.24 Å². The van der Waals surface area contributed by atoms with E-state index in [1.54, 1.807) is 0 Å². The molecule has 0 saturated carbocycles. The van der Waals surface area contributed by atoms with Crippen molar-refractivity contribution in [3.05, 3.63) is 6.43 Å². The van der Waals surface area contributed by atoms with Crippen LogP contribution in [0.5, 0.6) is 0 Å². The molecule has 0 aliphatic carbocycles. The summed E-state index contributed by atoms with van der Waals surface area (Å²) in [6.45, 7) is 2.61. The molecule has 0 aromatic rings. The van der Waals surface area contributed by atoms with Crippen LogP contribution in [-0.4, -0.2) is 24.0 Å². The molecule has 0 amide bonds. The van der Waals surface area contributed by atoms with Crippen molar-refractivity contribution in [3.63, 3.8) is 0 Å². The van der Waals surface area contributed by atoms with Crippen LogP contribution in [0.1, 0.15) is 13.8 Å². The molecular formula is C6H10F4N. The third-order valence-electron chi connectivity index (χ3n) is 1.39. The second-order valence-corrected chi connectivity index (χ2v) is 1.97. The van der Waals surface area contributed by atoms with Crippen LogP contribution in [0.3, 0.4) is 0 Å². The van der Waals surface area contributed by atoms with Crippen LogP contribution < -0.4 is 0 Å². The number of halogens is 4. The van der Waals surface area contributed by atoms with Gasteiger partial charge < -0.3 is 0 Å². The lowest BCUT2D eigenvalue weighted by Gasteiger charge is -2.26. The molecule has 0 rings (SSSR count). The van der Waals surface area contributed by atoms with Crippen molar-refractivity contribution in [3.8, 4) is 0 Å². The van der Waals surface area contributed by atoms with E-state index >= 15 is 0 Å². The predicted octanol–water partition coefficient (Wildman–Crippen LogP) is 2.35. The lowest BCUT2D eigenvalue weighted by molar-refractivity contribution is -0.175. The number of hydrogen-bond acceptors (Lipinski definition) is 1. The van der Waals surface area contributed by atoms with E-state index in [0.717, 1.165) is 0 Å². The molecular weight excluding hydrogens is 162 g/mol. The molecule has 0 fully saturated rings. The summed E-state index contributed by atoms with van der Waals surface area (Å²) < 4.78 is 47.8. The Morgan fingerprint density at radius 1 is 1.18 bits per heavy atom. The van der Waals surface area contributed by atoms with Gasteiger partial charge in [-0.25, -0.2) is 4.90 Å². The summed E-state index contributed by atoms with van der Waals surface area (Å²) in [4.78, 5) is 0.391. The highest BCUT2D eigenvalue weighted by molar-refractivity contribution is 4.82. The average molecular weight is 172 g/mol. The maximum absolute atomic E-state index is 12.4. The summed E-state index contributed by atoms with van der Waals surface area (Å²) >= 11 is 0. The van der Waals surface area contributed by atoms with Crippen LogP contribution in [0.2, 0.25) is 0 Å². The zero-order valence-electron chi connectivity index (χ0n) is 6.37. The monoisotopic (exact) mass is 172 g/mol. The minimum absolute atomic E-state index is 0.0964. The van der Waals surface area contributed by atoms with E-state index < -0.39 is 12.5 Å². The van der Waals surface area contributed by atoms with Crippen molar-refractivity contribution < 1.29 is 17.6 Å². The second kappa shape index (κ2) is 3.90. The van der Waals surface area contributed by atoms with Crippen molar-refractivity contribution in [1.29, 1.82) is 0 Å². The van der Waals surface area contributed by atoms with Gasteiger partial charge in [0.1, 0.15) is 0 Å². The zero-order valence-corrected chi connectivity index (χ0v) is 6.37. The minimum Gasteiger partial charge on any atom is -0.240 e. The summed E-state index contributed by atoms with van der Waals surface area (Å²) in [5, 5.41) is 0. The molecule has 0 aromatic carbocycles. The largest absolute Gasteiger partial charge is 0.394 e. The molecule has 0 spiro atoms. The molecule has 0 atom stereocenters. The molecule has 0 bridgehead atoms. The maximum atomic E-state index is 12.4. The summed E-state index contributed by atoms with van der Waals surface area (Å²) in [5.74, 6) is 0. The fourth-order valence-corrected chi connectivity index (χ4v) is 0.740. The van der Waals surface area contributed by atoms with Gasteiger partial charge in [-0.2, -0.15) is 17.6 Å². The Balaban J connectivity index is 4.24. The summed E-state index contributed by atoms with van der Waals surface area (Å²) in [7, 11) is 0. The summed E-state index contributed by atoms with van der Waals surface area (Å²) in [6, 6.07) is -4.07. The quantitative estimate of drug-likeness (QED) is 0.464. The van der Waals surface area contributed by atoms with Crippen LogP contribution in [0, 0.1) is 6.43 Å². The van der Waals surface area contributed by atoms with Gasteiger partial charge in [0.2, 0.25) is 0 Å². The first kappa shape index (κ1) is 10.7. The number of hydrogen-bond donors (Lipinski definition) is 0. The lowest BCUT2D eigenvalue weighted by Crippen LogP contribution is -2.43. The molecule has 1 nitrogen and oxygen atoms in total. The van der Waals surface area contributed by atoms with Gasteiger partial charge in [-0.3, -0.25) is 0 Å². The standard InChI is InChI=1S/C6H10F4N/c1-3-11(4-2)6(9,10)5(7)8/h3-4H2,1-2H3. The summed E-state index contributed by atoms with van der Waals surface area (Å²) in [5.41, 5.74) is 0. The number of nitrogens with zero attached hydrogens (tertiary/aromatic N) is 1. The van der Waals surface area contributed by atoms with E-state index in [0.29, 0.717) is 4.90 Å². The zero-order chi connectivity index (χ0) is 9.07. The first-order chi connectivity index (χ1) is 4.96. The molecule has 5 heteroatoms. The maximum Gasteiger partial charge on any atom is 0.394 e. The third kappa shape index (κ3) is 2.32. The van der Waals surface area contributed by atoms with E-state index in [2.05, 4.69) is 0 Å². The molecule has 1 radical (unpaired) electrons. The highest BCUT2D eigenvalue weighted by Gasteiger charge is 2.47. The molecule has 0 N–H and O–H groups in total. The molecule has 0 heterocycles. The Bertz CT molecular complexity index is 111. The van der Waals surface area contributed by atoms with Gasteiger partial charge in [-0.05, 0) is 0 Å². The number of alkyl halides is 2. The average Bonchev–Trinajstić information content (AvgIpc) is 1.89. The number of rotatable bonds is 4. The fourth-order valence-electron chi connectivity index (χ4n) is 0.740. The van der Waals surface area contributed by atoms with Gasteiger partial charge in [0, 0.05) is 13.1 Å². The van der Waals surface area contributed by atoms with E-state index in [4.69, 9.17) is 0 Å². The van der Waals surface area contributed by atoms with E-state index in [1.807, 2.05) is 0 Å². The van der Waals surface area contributed by atoms with Gasteiger partial charge >= 0.3 is 12.5 Å². The van der Waals surface area contributed by atoms with Crippen LogP contribution in [0.25, 0.3) is 0 Å². The van der Waals surface area contributed by atoms with Crippen LogP contribution in [-0.2, 0) is 0 Å². The Morgan fingerprint density at radius 3 is 1.64 bits per heavy atom. The second-order valence-electron chi connectivity index (χ2n) is 1.97. The molecule has 0 aliphatic heterocycles. The Labute approximate surface area is 63.0 Å². The first-order valence-corrected chi connectivity index (χ1v) is 3.28. The van der Waals surface area contributed by atoms with E-state index in [1.165, 1.54) is 13.8 Å². The molecule has 11 heavy (non-hydrogen) atoms. The molecule has 0 saturated heterocycles. The Morgan fingerprint density at radius 2 is 1.55 bits per heavy atom. The smallest absolute Gasteiger partial charge is 0.240 e. The van der Waals surface area contributed by atoms with E-state index in [-0.39, 0.29) is 13.1 Å². The van der Waals surface area contributed by atoms with Crippen molar-refractivity contribution >= 4 is 0 Å². The van der Waals surface area contributed by atoms with Crippen molar-refractivity contribution in [2.45, 2.75) is 19.9 Å². The highest BCUT2D eigenvalue weighted by atomic mass is 19.3. The Hall–Kier alpha value is -0.320. The van der Waals surface area contributed by atoms with Crippen molar-refractivity contribution in [1.82, 2.24) is 4.90 Å². The van der Waals surface area contributed by atoms with Gasteiger partial charge in [0.25, 0.3) is 0 Å². The van der Waals surface area contributed by atoms with Gasteiger partial charge in [0.05, 0.1) is 0 Å². The first-order valence-electron chi connectivity index (χ1n) is 3.28. The normalized spacial score (nSPS) is 13.1. The summed E-state index contributed by atoms with van der Waals surface area (Å²) in [6.07, 6.45) is -2.85. The van der Waals surface area contributed by atoms with Crippen LogP contribution in [0.15, 0.2) is 0 Å². The van der Waals surface area contributed by atoms with Crippen LogP contribution in [0.4, 0.5) is 17.6 Å². The molecule has 0 aromatic heterocycles. The van der Waals surface area contributed by atoms with Gasteiger partial charge in [-0.1, -0.05) is 13.8 Å². The highest BCUT2D eigenvalue weighted by Crippen LogP contribution is 2.32. The SMILES string of the molecule is CCN(CC)C(F)(F)[C](F)F. The van der Waals surface area contributed by atoms with Gasteiger partial charge in [0.15, 0.2) is 0 Å². The Kier molecular flexibility index (Phi) is 3.78. The van der Waals surface area contributed by atoms with E-state index in [9.17, 15) is 17.6 Å². The minimum atomic E-state index is -4.07. The third-order valence-corrected chi connectivity index (χ3v) is 1.39. The van der Waals surface area contributed by atoms with Gasteiger partial charge in [-0.15, -0.1) is 0 Å². The van der Waals surface area contributed by atoms with Crippen molar-refractivity contribution in [2.75, 3.05) is 13.1 Å². The van der Waals surface area contributed by atoms with Crippen molar-refractivity contribution in [2.24, 2.45) is 0 Å². The molecule has 67 valence electrons. The predicted molar refractivity (Wildman–Crippen MR) is 33.3 cm³/mol.